The van der Waals surface area contributed by atoms with Crippen LogP contribution in [0.2, 0.25) is 0 Å². The van der Waals surface area contributed by atoms with Crippen LogP contribution in [0.25, 0.3) is 0 Å². The third kappa shape index (κ3) is 5.23. The SMILES string of the molecule is CC(C)Oc1nc(NCCCN(C)C)ccc1N. The van der Waals surface area contributed by atoms with E-state index in [0.717, 1.165) is 25.3 Å². The Morgan fingerprint density at radius 2 is 2.11 bits per heavy atom. The molecule has 0 saturated heterocycles. The number of nitrogens with one attached hydrogen (secondary N) is 1. The first kappa shape index (κ1) is 14.6. The summed E-state index contributed by atoms with van der Waals surface area (Å²) in [6.07, 6.45) is 1.14. The molecular formula is C13H24N4O. The number of hydrogen-bond acceptors (Lipinski definition) is 5. The Kier molecular flexibility index (Phi) is 5.71. The lowest BCUT2D eigenvalue weighted by atomic mass is 10.3. The zero-order valence-corrected chi connectivity index (χ0v) is 11.7. The van der Waals surface area contributed by atoms with Gasteiger partial charge in [-0.15, -0.1) is 0 Å². The lowest BCUT2D eigenvalue weighted by Gasteiger charge is -2.13. The molecule has 1 aromatic heterocycles. The summed E-state index contributed by atoms with van der Waals surface area (Å²) < 4.78 is 5.55. The Balaban J connectivity index is 2.51. The van der Waals surface area contributed by atoms with E-state index in [2.05, 4.69) is 29.3 Å². The van der Waals surface area contributed by atoms with Crippen LogP contribution in [-0.4, -0.2) is 43.2 Å². The Labute approximate surface area is 109 Å². The van der Waals surface area contributed by atoms with Gasteiger partial charge in [0.25, 0.3) is 0 Å². The molecule has 0 aromatic carbocycles. The van der Waals surface area contributed by atoms with Crippen molar-refractivity contribution < 1.29 is 4.74 Å². The predicted molar refractivity (Wildman–Crippen MR) is 76.1 cm³/mol. The number of pyridine rings is 1. The van der Waals surface area contributed by atoms with Gasteiger partial charge in [0.15, 0.2) is 0 Å². The van der Waals surface area contributed by atoms with Gasteiger partial charge in [0.2, 0.25) is 5.88 Å². The zero-order valence-electron chi connectivity index (χ0n) is 11.7. The van der Waals surface area contributed by atoms with Crippen molar-refractivity contribution in [1.29, 1.82) is 0 Å². The number of hydrogen-bond donors (Lipinski definition) is 2. The first-order chi connectivity index (χ1) is 8.49. The third-order valence-electron chi connectivity index (χ3n) is 2.33. The number of nitrogen functional groups attached to an aromatic ring is 1. The zero-order chi connectivity index (χ0) is 13.5. The molecule has 18 heavy (non-hydrogen) atoms. The van der Waals surface area contributed by atoms with Crippen molar-refractivity contribution in [2.24, 2.45) is 0 Å². The van der Waals surface area contributed by atoms with Crippen LogP contribution in [-0.2, 0) is 0 Å². The van der Waals surface area contributed by atoms with Crippen molar-refractivity contribution in [3.63, 3.8) is 0 Å². The fourth-order valence-corrected chi connectivity index (χ4v) is 1.48. The summed E-state index contributed by atoms with van der Waals surface area (Å²) in [6.45, 7) is 5.85. The van der Waals surface area contributed by atoms with E-state index in [4.69, 9.17) is 10.5 Å². The monoisotopic (exact) mass is 252 g/mol. The van der Waals surface area contributed by atoms with Gasteiger partial charge in [0.05, 0.1) is 11.8 Å². The van der Waals surface area contributed by atoms with Gasteiger partial charge in [0, 0.05) is 6.54 Å². The topological polar surface area (TPSA) is 63.4 Å². The summed E-state index contributed by atoms with van der Waals surface area (Å²) in [7, 11) is 4.13. The van der Waals surface area contributed by atoms with Gasteiger partial charge in [0.1, 0.15) is 5.82 Å². The molecule has 0 aliphatic heterocycles. The van der Waals surface area contributed by atoms with Crippen LogP contribution in [0.15, 0.2) is 12.1 Å². The highest BCUT2D eigenvalue weighted by Crippen LogP contribution is 2.21. The number of aromatic nitrogens is 1. The molecule has 0 spiro atoms. The molecule has 5 nitrogen and oxygen atoms in total. The van der Waals surface area contributed by atoms with Gasteiger partial charge in [-0.2, -0.15) is 4.98 Å². The summed E-state index contributed by atoms with van der Waals surface area (Å²) >= 11 is 0. The van der Waals surface area contributed by atoms with Gasteiger partial charge in [-0.05, 0) is 53.0 Å². The van der Waals surface area contributed by atoms with E-state index in [1.54, 1.807) is 0 Å². The first-order valence-electron chi connectivity index (χ1n) is 6.31. The molecular weight excluding hydrogens is 228 g/mol. The molecule has 5 heteroatoms. The molecule has 0 atom stereocenters. The summed E-state index contributed by atoms with van der Waals surface area (Å²) in [5.74, 6) is 1.31. The normalized spacial score (nSPS) is 11.0. The molecule has 0 aliphatic carbocycles. The lowest BCUT2D eigenvalue weighted by Crippen LogP contribution is -2.17. The molecule has 0 saturated carbocycles. The van der Waals surface area contributed by atoms with Crippen LogP contribution < -0.4 is 15.8 Å². The van der Waals surface area contributed by atoms with Crippen LogP contribution in [0.3, 0.4) is 0 Å². The van der Waals surface area contributed by atoms with Crippen LogP contribution in [0.1, 0.15) is 20.3 Å². The second kappa shape index (κ2) is 7.06. The van der Waals surface area contributed by atoms with E-state index < -0.39 is 0 Å². The van der Waals surface area contributed by atoms with E-state index in [1.165, 1.54) is 0 Å². The van der Waals surface area contributed by atoms with Crippen LogP contribution in [0.5, 0.6) is 5.88 Å². The smallest absolute Gasteiger partial charge is 0.239 e. The molecule has 102 valence electrons. The maximum atomic E-state index is 5.81. The summed E-state index contributed by atoms with van der Waals surface area (Å²) in [6, 6.07) is 3.69. The highest BCUT2D eigenvalue weighted by atomic mass is 16.5. The summed E-state index contributed by atoms with van der Waals surface area (Å²) in [4.78, 5) is 6.52. The number of nitrogens with two attached hydrogens (primary N) is 1. The van der Waals surface area contributed by atoms with Crippen molar-refractivity contribution in [3.05, 3.63) is 12.1 Å². The quantitative estimate of drug-likeness (QED) is 0.725. The molecule has 3 N–H and O–H groups in total. The fraction of sp³-hybridized carbons (Fsp3) is 0.615. The van der Waals surface area contributed by atoms with Crippen molar-refractivity contribution in [1.82, 2.24) is 9.88 Å². The predicted octanol–water partition coefficient (Wildman–Crippen LogP) is 1.81. The van der Waals surface area contributed by atoms with Gasteiger partial charge in [-0.1, -0.05) is 0 Å². The van der Waals surface area contributed by atoms with Crippen molar-refractivity contribution >= 4 is 11.5 Å². The van der Waals surface area contributed by atoms with Crippen molar-refractivity contribution in [2.75, 3.05) is 38.2 Å². The summed E-state index contributed by atoms with van der Waals surface area (Å²) in [5, 5.41) is 3.27. The minimum absolute atomic E-state index is 0.0730. The standard InChI is InChI=1S/C13H24N4O/c1-10(2)18-13-11(14)6-7-12(16-13)15-8-5-9-17(3)4/h6-7,10H,5,8-9,14H2,1-4H3,(H,15,16). The van der Waals surface area contributed by atoms with Crippen LogP contribution in [0.4, 0.5) is 11.5 Å². The maximum Gasteiger partial charge on any atom is 0.239 e. The van der Waals surface area contributed by atoms with E-state index in [9.17, 15) is 0 Å². The fourth-order valence-electron chi connectivity index (χ4n) is 1.48. The van der Waals surface area contributed by atoms with Gasteiger partial charge in [-0.25, -0.2) is 0 Å². The second-order valence-electron chi connectivity index (χ2n) is 4.84. The maximum absolute atomic E-state index is 5.81. The largest absolute Gasteiger partial charge is 0.473 e. The molecule has 0 amide bonds. The number of nitrogens with zero attached hydrogens (tertiary/aromatic N) is 2. The summed E-state index contributed by atoms with van der Waals surface area (Å²) in [5.41, 5.74) is 6.38. The van der Waals surface area contributed by atoms with E-state index >= 15 is 0 Å². The Hall–Kier alpha value is -1.49. The highest BCUT2D eigenvalue weighted by Gasteiger charge is 2.06. The van der Waals surface area contributed by atoms with Gasteiger partial charge >= 0.3 is 0 Å². The molecule has 0 aliphatic rings. The van der Waals surface area contributed by atoms with Crippen LogP contribution in [0, 0.1) is 0 Å². The molecule has 0 unspecified atom stereocenters. The molecule has 0 radical (unpaired) electrons. The van der Waals surface area contributed by atoms with E-state index in [1.807, 2.05) is 26.0 Å². The minimum Gasteiger partial charge on any atom is -0.473 e. The number of anilines is 2. The first-order valence-corrected chi connectivity index (χ1v) is 6.31. The average Bonchev–Trinajstić information content (AvgIpc) is 2.27. The Morgan fingerprint density at radius 1 is 1.39 bits per heavy atom. The molecule has 0 fully saturated rings. The van der Waals surface area contributed by atoms with Crippen molar-refractivity contribution in [3.8, 4) is 5.88 Å². The molecule has 0 bridgehead atoms. The van der Waals surface area contributed by atoms with Crippen molar-refractivity contribution in [2.45, 2.75) is 26.4 Å². The Morgan fingerprint density at radius 3 is 2.72 bits per heavy atom. The minimum atomic E-state index is 0.0730. The van der Waals surface area contributed by atoms with Gasteiger partial charge in [-0.3, -0.25) is 0 Å². The molecule has 1 rings (SSSR count). The Bertz CT molecular complexity index is 366. The average molecular weight is 252 g/mol. The molecule has 1 aromatic rings. The van der Waals surface area contributed by atoms with Gasteiger partial charge < -0.3 is 20.7 Å². The number of rotatable bonds is 7. The number of ether oxygens (including phenoxy) is 1. The molecule has 1 heterocycles. The van der Waals surface area contributed by atoms with E-state index in [-0.39, 0.29) is 6.10 Å². The lowest BCUT2D eigenvalue weighted by molar-refractivity contribution is 0.234. The van der Waals surface area contributed by atoms with Crippen LogP contribution >= 0.6 is 0 Å². The van der Waals surface area contributed by atoms with E-state index in [0.29, 0.717) is 11.6 Å². The third-order valence-corrected chi connectivity index (χ3v) is 2.33. The second-order valence-corrected chi connectivity index (χ2v) is 4.84. The highest BCUT2D eigenvalue weighted by molar-refractivity contribution is 5.53.